The van der Waals surface area contributed by atoms with Crippen molar-refractivity contribution in [1.82, 2.24) is 10.2 Å². The van der Waals surface area contributed by atoms with Crippen molar-refractivity contribution in [1.29, 1.82) is 0 Å². The maximum Gasteiger partial charge on any atom is 0.387 e. The number of anilines is 1. The van der Waals surface area contributed by atoms with Crippen molar-refractivity contribution in [3.63, 3.8) is 0 Å². The number of amides is 2. The van der Waals surface area contributed by atoms with Crippen LogP contribution in [-0.2, 0) is 13.0 Å². The normalized spacial score (nSPS) is 14.9. The summed E-state index contributed by atoms with van der Waals surface area (Å²) in [6.07, 6.45) is 0.177. The molecule has 0 spiro atoms. The summed E-state index contributed by atoms with van der Waals surface area (Å²) in [6, 6.07) is 12.2. The fourth-order valence-corrected chi connectivity index (χ4v) is 3.44. The number of hydrogen-bond donors (Lipinski definition) is 3. The number of nitrogens with one attached hydrogen (secondary N) is 2. The van der Waals surface area contributed by atoms with E-state index >= 15 is 0 Å². The fraction of sp³-hybridized carbons (Fsp3) is 0.381. The van der Waals surface area contributed by atoms with E-state index in [0.29, 0.717) is 12.1 Å². The molecule has 2 aromatic rings. The standard InChI is InChI=1S/C21H25F2N3O3/c1-14-5-4-8-18(29-20(22)23)19(14)25-21(28)24-11-17(27)13-26-10-9-15-6-2-3-7-16(15)12-26/h2-8,17,20,27H,9-13H2,1H3,(H2,24,25,28). The highest BCUT2D eigenvalue weighted by Crippen LogP contribution is 2.29. The molecule has 156 valence electrons. The lowest BCUT2D eigenvalue weighted by molar-refractivity contribution is -0.0493. The third-order valence-corrected chi connectivity index (χ3v) is 4.87. The summed E-state index contributed by atoms with van der Waals surface area (Å²) in [5.41, 5.74) is 3.34. The molecule has 1 atom stereocenters. The summed E-state index contributed by atoms with van der Waals surface area (Å²) >= 11 is 0. The van der Waals surface area contributed by atoms with Crippen LogP contribution >= 0.6 is 0 Å². The number of carbonyl (C=O) groups is 1. The largest absolute Gasteiger partial charge is 0.433 e. The zero-order valence-electron chi connectivity index (χ0n) is 16.2. The van der Waals surface area contributed by atoms with Crippen molar-refractivity contribution < 1.29 is 23.4 Å². The first-order valence-corrected chi connectivity index (χ1v) is 9.49. The van der Waals surface area contributed by atoms with E-state index < -0.39 is 18.7 Å². The number of alkyl halides is 2. The number of benzene rings is 2. The van der Waals surface area contributed by atoms with Gasteiger partial charge in [-0.05, 0) is 36.1 Å². The number of hydrogen-bond acceptors (Lipinski definition) is 4. The monoisotopic (exact) mass is 405 g/mol. The average Bonchev–Trinajstić information content (AvgIpc) is 2.68. The minimum Gasteiger partial charge on any atom is -0.433 e. The number of fused-ring (bicyclic) bond motifs is 1. The molecule has 3 N–H and O–H groups in total. The third kappa shape index (κ3) is 5.88. The predicted octanol–water partition coefficient (Wildman–Crippen LogP) is 3.14. The second-order valence-corrected chi connectivity index (χ2v) is 7.07. The highest BCUT2D eigenvalue weighted by Gasteiger charge is 2.19. The van der Waals surface area contributed by atoms with Gasteiger partial charge >= 0.3 is 12.6 Å². The average molecular weight is 405 g/mol. The zero-order valence-corrected chi connectivity index (χ0v) is 16.2. The summed E-state index contributed by atoms with van der Waals surface area (Å²) in [6.45, 7) is 0.766. The number of halogens is 2. The Morgan fingerprint density at radius 3 is 2.72 bits per heavy atom. The number of aliphatic hydroxyl groups excluding tert-OH is 1. The maximum atomic E-state index is 12.6. The van der Waals surface area contributed by atoms with Gasteiger partial charge in [0.05, 0.1) is 11.8 Å². The van der Waals surface area contributed by atoms with Crippen molar-refractivity contribution in [2.24, 2.45) is 0 Å². The van der Waals surface area contributed by atoms with E-state index in [4.69, 9.17) is 0 Å². The van der Waals surface area contributed by atoms with Crippen LogP contribution in [0, 0.1) is 6.92 Å². The van der Waals surface area contributed by atoms with Gasteiger partial charge in [0.25, 0.3) is 0 Å². The summed E-state index contributed by atoms with van der Waals surface area (Å²) in [7, 11) is 0. The number of rotatable bonds is 7. The second kappa shape index (κ2) is 9.67. The highest BCUT2D eigenvalue weighted by atomic mass is 19.3. The van der Waals surface area contributed by atoms with E-state index in [2.05, 4.69) is 32.4 Å². The highest BCUT2D eigenvalue weighted by molar-refractivity contribution is 5.91. The maximum absolute atomic E-state index is 12.6. The van der Waals surface area contributed by atoms with Gasteiger partial charge in [-0.15, -0.1) is 0 Å². The smallest absolute Gasteiger partial charge is 0.387 e. The molecule has 29 heavy (non-hydrogen) atoms. The van der Waals surface area contributed by atoms with Crippen LogP contribution in [0.25, 0.3) is 0 Å². The van der Waals surface area contributed by atoms with Crippen LogP contribution in [0.4, 0.5) is 19.3 Å². The lowest BCUT2D eigenvalue weighted by atomic mass is 10.00. The van der Waals surface area contributed by atoms with Crippen LogP contribution in [0.3, 0.4) is 0 Å². The van der Waals surface area contributed by atoms with Gasteiger partial charge in [0, 0.05) is 26.2 Å². The number of aryl methyl sites for hydroxylation is 1. The van der Waals surface area contributed by atoms with E-state index in [1.54, 1.807) is 19.1 Å². The molecule has 1 aliphatic rings. The molecule has 8 heteroatoms. The van der Waals surface area contributed by atoms with Crippen molar-refractivity contribution >= 4 is 11.7 Å². The molecule has 2 aromatic carbocycles. The van der Waals surface area contributed by atoms with Crippen molar-refractivity contribution in [3.8, 4) is 5.75 Å². The van der Waals surface area contributed by atoms with E-state index in [0.717, 1.165) is 19.5 Å². The Balaban J connectivity index is 1.49. The van der Waals surface area contributed by atoms with Gasteiger partial charge in [0.2, 0.25) is 0 Å². The van der Waals surface area contributed by atoms with Crippen molar-refractivity contribution in [2.45, 2.75) is 32.6 Å². The van der Waals surface area contributed by atoms with Gasteiger partial charge in [-0.2, -0.15) is 8.78 Å². The molecule has 6 nitrogen and oxygen atoms in total. The van der Waals surface area contributed by atoms with E-state index in [1.807, 2.05) is 12.1 Å². The number of aliphatic hydroxyl groups is 1. The van der Waals surface area contributed by atoms with Crippen molar-refractivity contribution in [3.05, 3.63) is 59.2 Å². The number of β-amino-alcohol motifs (C(OH)–C–C–N with tert-alkyl or cyclic N) is 1. The van der Waals surface area contributed by atoms with Crippen LogP contribution in [-0.4, -0.2) is 48.4 Å². The summed E-state index contributed by atoms with van der Waals surface area (Å²) in [4.78, 5) is 14.3. The Morgan fingerprint density at radius 2 is 1.97 bits per heavy atom. The van der Waals surface area contributed by atoms with Gasteiger partial charge in [0.1, 0.15) is 5.75 Å². The molecule has 0 aliphatic carbocycles. The minimum absolute atomic E-state index is 0.0426. The van der Waals surface area contributed by atoms with Crippen molar-refractivity contribution in [2.75, 3.05) is 25.0 Å². The van der Waals surface area contributed by atoms with Gasteiger partial charge in [-0.3, -0.25) is 4.90 Å². The molecule has 0 aromatic heterocycles. The Hall–Kier alpha value is -2.71. The molecule has 1 aliphatic heterocycles. The lowest BCUT2D eigenvalue weighted by Crippen LogP contribution is -2.43. The van der Waals surface area contributed by atoms with E-state index in [1.165, 1.54) is 17.2 Å². The number of urea groups is 1. The summed E-state index contributed by atoms with van der Waals surface area (Å²) in [5.74, 6) is -0.109. The van der Waals surface area contributed by atoms with Crippen LogP contribution in [0.2, 0.25) is 0 Å². The quantitative estimate of drug-likeness (QED) is 0.662. The predicted molar refractivity (Wildman–Crippen MR) is 106 cm³/mol. The molecule has 0 fully saturated rings. The Bertz CT molecular complexity index is 848. The molecule has 3 rings (SSSR count). The fourth-order valence-electron chi connectivity index (χ4n) is 3.44. The summed E-state index contributed by atoms with van der Waals surface area (Å²) in [5, 5.41) is 15.4. The molecule has 0 saturated carbocycles. The number of nitrogens with zero attached hydrogens (tertiary/aromatic N) is 1. The molecule has 1 unspecified atom stereocenters. The van der Waals surface area contributed by atoms with Crippen LogP contribution in [0.1, 0.15) is 16.7 Å². The lowest BCUT2D eigenvalue weighted by Gasteiger charge is -2.30. The van der Waals surface area contributed by atoms with Gasteiger partial charge in [-0.1, -0.05) is 36.4 Å². The number of para-hydroxylation sites is 1. The SMILES string of the molecule is Cc1cccc(OC(F)F)c1NC(=O)NCC(O)CN1CCc2ccccc2C1. The molecule has 2 amide bonds. The van der Waals surface area contributed by atoms with Crippen LogP contribution < -0.4 is 15.4 Å². The topological polar surface area (TPSA) is 73.8 Å². The Kier molecular flexibility index (Phi) is 7.00. The molecule has 0 radical (unpaired) electrons. The van der Waals surface area contributed by atoms with Gasteiger partial charge in [0.15, 0.2) is 0 Å². The summed E-state index contributed by atoms with van der Waals surface area (Å²) < 4.78 is 29.6. The van der Waals surface area contributed by atoms with Crippen LogP contribution in [0.5, 0.6) is 5.75 Å². The first-order valence-electron chi connectivity index (χ1n) is 9.49. The zero-order chi connectivity index (χ0) is 20.8. The number of carbonyl (C=O) groups excluding carboxylic acids is 1. The molecular weight excluding hydrogens is 380 g/mol. The van der Waals surface area contributed by atoms with E-state index in [-0.39, 0.29) is 18.0 Å². The molecule has 1 heterocycles. The second-order valence-electron chi connectivity index (χ2n) is 7.07. The molecular formula is C21H25F2N3O3. The first kappa shape index (κ1) is 21.0. The number of ether oxygens (including phenoxy) is 1. The Morgan fingerprint density at radius 1 is 1.21 bits per heavy atom. The third-order valence-electron chi connectivity index (χ3n) is 4.87. The van der Waals surface area contributed by atoms with Crippen LogP contribution in [0.15, 0.2) is 42.5 Å². The van der Waals surface area contributed by atoms with E-state index in [9.17, 15) is 18.7 Å². The van der Waals surface area contributed by atoms with Gasteiger partial charge in [-0.25, -0.2) is 4.79 Å². The first-order chi connectivity index (χ1) is 13.9. The molecule has 0 saturated heterocycles. The Labute approximate surface area is 168 Å². The molecule has 0 bridgehead atoms. The minimum atomic E-state index is -2.99. The van der Waals surface area contributed by atoms with Gasteiger partial charge < -0.3 is 20.5 Å².